The maximum atomic E-state index is 13.6. The number of benzene rings is 2. The molecule has 0 amide bonds. The second-order valence-corrected chi connectivity index (χ2v) is 5.52. The highest BCUT2D eigenvalue weighted by atomic mass is 79.9. The standard InChI is InChI=1S/C14H8BrClFN3O/c15-9-4-10(16)11(17)5-13(9)21-14-8-3-7(18)1-2-12(8)19-6-20-14/h1-6H,18H2. The Morgan fingerprint density at radius 2 is 2.00 bits per heavy atom. The van der Waals surface area contributed by atoms with Gasteiger partial charge in [-0.1, -0.05) is 11.6 Å². The molecule has 0 aliphatic carbocycles. The number of hydrogen-bond acceptors (Lipinski definition) is 4. The zero-order valence-corrected chi connectivity index (χ0v) is 12.8. The lowest BCUT2D eigenvalue weighted by Crippen LogP contribution is -1.94. The maximum Gasteiger partial charge on any atom is 0.230 e. The number of ether oxygens (including phenoxy) is 1. The van der Waals surface area contributed by atoms with E-state index in [0.717, 1.165) is 0 Å². The first-order valence-corrected chi connectivity index (χ1v) is 7.04. The van der Waals surface area contributed by atoms with Crippen molar-refractivity contribution in [3.63, 3.8) is 0 Å². The number of fused-ring (bicyclic) bond motifs is 1. The van der Waals surface area contributed by atoms with Crippen LogP contribution in [-0.4, -0.2) is 9.97 Å². The summed E-state index contributed by atoms with van der Waals surface area (Å²) in [6.45, 7) is 0. The smallest absolute Gasteiger partial charge is 0.230 e. The quantitative estimate of drug-likeness (QED) is 0.532. The second kappa shape index (κ2) is 5.46. The van der Waals surface area contributed by atoms with Crippen LogP contribution in [0.15, 0.2) is 41.1 Å². The predicted octanol–water partition coefficient (Wildman–Crippen LogP) is 4.56. The van der Waals surface area contributed by atoms with Crippen LogP contribution in [0.1, 0.15) is 0 Å². The molecule has 1 heterocycles. The third-order valence-electron chi connectivity index (χ3n) is 2.80. The van der Waals surface area contributed by atoms with Crippen LogP contribution in [0.4, 0.5) is 10.1 Å². The molecular formula is C14H8BrClFN3O. The number of hydrogen-bond donors (Lipinski definition) is 1. The first-order valence-electron chi connectivity index (χ1n) is 5.87. The lowest BCUT2D eigenvalue weighted by molar-refractivity contribution is 0.460. The summed E-state index contributed by atoms with van der Waals surface area (Å²) in [5.74, 6) is -0.0261. The number of rotatable bonds is 2. The van der Waals surface area contributed by atoms with E-state index in [1.54, 1.807) is 18.2 Å². The molecule has 0 saturated carbocycles. The fraction of sp³-hybridized carbons (Fsp3) is 0. The average Bonchev–Trinajstić information content (AvgIpc) is 2.45. The predicted molar refractivity (Wildman–Crippen MR) is 83.1 cm³/mol. The van der Waals surface area contributed by atoms with Crippen molar-refractivity contribution in [3.05, 3.63) is 52.0 Å². The number of nitrogens with two attached hydrogens (primary N) is 1. The van der Waals surface area contributed by atoms with E-state index >= 15 is 0 Å². The van der Waals surface area contributed by atoms with Gasteiger partial charge >= 0.3 is 0 Å². The Bertz CT molecular complexity index is 844. The van der Waals surface area contributed by atoms with Crippen LogP contribution in [0, 0.1) is 5.82 Å². The van der Waals surface area contributed by atoms with Gasteiger partial charge in [-0.05, 0) is 40.2 Å². The van der Waals surface area contributed by atoms with Gasteiger partial charge in [-0.3, -0.25) is 0 Å². The molecule has 0 radical (unpaired) electrons. The third kappa shape index (κ3) is 2.77. The molecule has 0 aliphatic heterocycles. The molecule has 0 fully saturated rings. The molecule has 7 heteroatoms. The number of aromatic nitrogens is 2. The van der Waals surface area contributed by atoms with Gasteiger partial charge in [0, 0.05) is 11.8 Å². The molecule has 106 valence electrons. The summed E-state index contributed by atoms with van der Waals surface area (Å²) >= 11 is 8.98. The van der Waals surface area contributed by atoms with E-state index in [0.29, 0.717) is 21.1 Å². The Balaban J connectivity index is 2.10. The van der Waals surface area contributed by atoms with Crippen LogP contribution in [-0.2, 0) is 0 Å². The van der Waals surface area contributed by atoms with E-state index in [1.807, 2.05) is 0 Å². The highest BCUT2D eigenvalue weighted by Crippen LogP contribution is 2.35. The molecule has 2 aromatic carbocycles. The molecule has 0 atom stereocenters. The van der Waals surface area contributed by atoms with Gasteiger partial charge in [0.2, 0.25) is 5.88 Å². The van der Waals surface area contributed by atoms with Crippen LogP contribution in [0.2, 0.25) is 5.02 Å². The molecule has 1 aromatic heterocycles. The lowest BCUT2D eigenvalue weighted by atomic mass is 10.2. The minimum Gasteiger partial charge on any atom is -0.437 e. The van der Waals surface area contributed by atoms with Crippen molar-refractivity contribution in [1.29, 1.82) is 0 Å². The SMILES string of the molecule is Nc1ccc2ncnc(Oc3cc(F)c(Cl)cc3Br)c2c1. The lowest BCUT2D eigenvalue weighted by Gasteiger charge is -2.10. The molecule has 4 nitrogen and oxygen atoms in total. The zero-order valence-electron chi connectivity index (χ0n) is 10.5. The molecule has 0 bridgehead atoms. The average molecular weight is 369 g/mol. The topological polar surface area (TPSA) is 61.0 Å². The Morgan fingerprint density at radius 1 is 1.19 bits per heavy atom. The van der Waals surface area contributed by atoms with Crippen LogP contribution in [0.5, 0.6) is 11.6 Å². The summed E-state index contributed by atoms with van der Waals surface area (Å²) < 4.78 is 19.7. The molecule has 0 saturated heterocycles. The van der Waals surface area contributed by atoms with Crippen molar-refractivity contribution in [3.8, 4) is 11.6 Å². The second-order valence-electron chi connectivity index (χ2n) is 4.25. The summed E-state index contributed by atoms with van der Waals surface area (Å²) in [7, 11) is 0. The fourth-order valence-electron chi connectivity index (χ4n) is 1.82. The normalized spacial score (nSPS) is 10.8. The minimum atomic E-state index is -0.576. The van der Waals surface area contributed by atoms with Crippen molar-refractivity contribution in [2.75, 3.05) is 5.73 Å². The summed E-state index contributed by atoms with van der Waals surface area (Å²) in [6.07, 6.45) is 1.37. The highest BCUT2D eigenvalue weighted by molar-refractivity contribution is 9.10. The van der Waals surface area contributed by atoms with Crippen LogP contribution < -0.4 is 10.5 Å². The van der Waals surface area contributed by atoms with E-state index in [1.165, 1.54) is 18.5 Å². The number of halogens is 3. The van der Waals surface area contributed by atoms with Gasteiger partial charge in [-0.25, -0.2) is 14.4 Å². The maximum absolute atomic E-state index is 13.6. The third-order valence-corrected chi connectivity index (χ3v) is 3.71. The van der Waals surface area contributed by atoms with E-state index in [4.69, 9.17) is 22.1 Å². The molecule has 0 aliphatic rings. The summed E-state index contributed by atoms with van der Waals surface area (Å²) in [5.41, 5.74) is 7.00. The Hall–Kier alpha value is -1.92. The first kappa shape index (κ1) is 14.0. The van der Waals surface area contributed by atoms with Crippen molar-refractivity contribution < 1.29 is 9.13 Å². The molecule has 2 N–H and O–H groups in total. The number of nitrogen functional groups attached to an aromatic ring is 1. The molecular weight excluding hydrogens is 361 g/mol. The van der Waals surface area contributed by atoms with Crippen LogP contribution >= 0.6 is 27.5 Å². The van der Waals surface area contributed by atoms with Gasteiger partial charge in [-0.15, -0.1) is 0 Å². The first-order chi connectivity index (χ1) is 10.0. The summed E-state index contributed by atoms with van der Waals surface area (Å²) in [6, 6.07) is 7.80. The van der Waals surface area contributed by atoms with Gasteiger partial charge in [0.05, 0.1) is 20.4 Å². The van der Waals surface area contributed by atoms with Crippen molar-refractivity contribution in [2.24, 2.45) is 0 Å². The van der Waals surface area contributed by atoms with Crippen molar-refractivity contribution in [1.82, 2.24) is 9.97 Å². The molecule has 3 aromatic rings. The van der Waals surface area contributed by atoms with Gasteiger partial charge in [0.15, 0.2) is 0 Å². The Kier molecular flexibility index (Phi) is 3.65. The van der Waals surface area contributed by atoms with Crippen LogP contribution in [0.25, 0.3) is 10.9 Å². The molecule has 0 unspecified atom stereocenters. The van der Waals surface area contributed by atoms with Crippen molar-refractivity contribution in [2.45, 2.75) is 0 Å². The van der Waals surface area contributed by atoms with Gasteiger partial charge < -0.3 is 10.5 Å². The minimum absolute atomic E-state index is 0.00557. The van der Waals surface area contributed by atoms with E-state index in [2.05, 4.69) is 25.9 Å². The molecule has 0 spiro atoms. The highest BCUT2D eigenvalue weighted by Gasteiger charge is 2.12. The number of anilines is 1. The monoisotopic (exact) mass is 367 g/mol. The van der Waals surface area contributed by atoms with Gasteiger partial charge in [0.25, 0.3) is 0 Å². The molecule has 3 rings (SSSR count). The summed E-state index contributed by atoms with van der Waals surface area (Å²) in [4.78, 5) is 8.20. The van der Waals surface area contributed by atoms with Gasteiger partial charge in [-0.2, -0.15) is 0 Å². The number of nitrogens with zero attached hydrogens (tertiary/aromatic N) is 2. The van der Waals surface area contributed by atoms with E-state index in [9.17, 15) is 4.39 Å². The van der Waals surface area contributed by atoms with Crippen LogP contribution in [0.3, 0.4) is 0 Å². The largest absolute Gasteiger partial charge is 0.437 e. The van der Waals surface area contributed by atoms with Crippen molar-refractivity contribution >= 4 is 44.1 Å². The van der Waals surface area contributed by atoms with E-state index in [-0.39, 0.29) is 16.7 Å². The Labute approximate surface area is 132 Å². The Morgan fingerprint density at radius 3 is 2.81 bits per heavy atom. The summed E-state index contributed by atoms with van der Waals surface area (Å²) in [5, 5.41) is 0.644. The van der Waals surface area contributed by atoms with E-state index < -0.39 is 5.82 Å². The zero-order chi connectivity index (χ0) is 15.0. The fourth-order valence-corrected chi connectivity index (χ4v) is 2.54. The van der Waals surface area contributed by atoms with Gasteiger partial charge in [0.1, 0.15) is 17.9 Å². The molecule has 21 heavy (non-hydrogen) atoms.